The topological polar surface area (TPSA) is 76.3 Å². The van der Waals surface area contributed by atoms with Crippen molar-refractivity contribution in [2.24, 2.45) is 0 Å². The molecule has 1 rings (SSSR count). The Bertz CT molecular complexity index is 457. The number of rotatable bonds is 4. The minimum atomic E-state index is -3.46. The fourth-order valence-corrected chi connectivity index (χ4v) is 3.20. The third kappa shape index (κ3) is 2.51. The lowest BCUT2D eigenvalue weighted by molar-refractivity contribution is 0.369. The highest BCUT2D eigenvalue weighted by Crippen LogP contribution is 2.18. The molecule has 0 aliphatic heterocycles. The number of nitrogens with zero attached hydrogens (tertiary/aromatic N) is 2. The fraction of sp³-hybridized carbons (Fsp3) is 0.500. The Morgan fingerprint density at radius 3 is 2.56 bits per heavy atom. The largest absolute Gasteiger partial charge is 0.384 e. The molecule has 90 valence electrons. The summed E-state index contributed by atoms with van der Waals surface area (Å²) in [6.45, 7) is 5.92. The summed E-state index contributed by atoms with van der Waals surface area (Å²) in [4.78, 5) is 3.97. The molecule has 1 aromatic rings. The highest BCUT2D eigenvalue weighted by molar-refractivity contribution is 7.89. The highest BCUT2D eigenvalue weighted by atomic mass is 32.2. The Labute approximate surface area is 96.3 Å². The van der Waals surface area contributed by atoms with Crippen LogP contribution >= 0.6 is 0 Å². The predicted molar refractivity (Wildman–Crippen MR) is 63.4 cm³/mol. The molecule has 1 aromatic heterocycles. The van der Waals surface area contributed by atoms with Crippen LogP contribution in [0.15, 0.2) is 23.2 Å². The molecule has 0 saturated heterocycles. The molecule has 0 fully saturated rings. The summed E-state index contributed by atoms with van der Waals surface area (Å²) >= 11 is 0. The van der Waals surface area contributed by atoms with E-state index in [4.69, 9.17) is 5.73 Å². The van der Waals surface area contributed by atoms with Crippen molar-refractivity contribution >= 4 is 15.8 Å². The lowest BCUT2D eigenvalue weighted by Crippen LogP contribution is -2.36. The van der Waals surface area contributed by atoms with E-state index in [1.165, 1.54) is 22.6 Å². The third-order valence-corrected chi connectivity index (χ3v) is 4.39. The van der Waals surface area contributed by atoms with Gasteiger partial charge in [-0.2, -0.15) is 4.31 Å². The van der Waals surface area contributed by atoms with Crippen molar-refractivity contribution < 1.29 is 8.42 Å². The summed E-state index contributed by atoms with van der Waals surface area (Å²) < 4.78 is 25.8. The first kappa shape index (κ1) is 12.9. The maximum absolute atomic E-state index is 12.2. The zero-order valence-corrected chi connectivity index (χ0v) is 10.5. The van der Waals surface area contributed by atoms with Gasteiger partial charge in [0.1, 0.15) is 5.82 Å². The molecular weight excluding hydrogens is 226 g/mol. The van der Waals surface area contributed by atoms with Gasteiger partial charge in [0.25, 0.3) is 0 Å². The number of pyridine rings is 1. The van der Waals surface area contributed by atoms with Gasteiger partial charge in [-0.25, -0.2) is 13.4 Å². The molecule has 0 bridgehead atoms. The van der Waals surface area contributed by atoms with E-state index in [0.29, 0.717) is 6.54 Å². The Kier molecular flexibility index (Phi) is 3.88. The Balaban J connectivity index is 3.20. The minimum Gasteiger partial charge on any atom is -0.384 e. The SMILES string of the molecule is CCN(C(C)C)S(=O)(=O)c1ccnc(N)c1. The summed E-state index contributed by atoms with van der Waals surface area (Å²) in [5.41, 5.74) is 5.48. The van der Waals surface area contributed by atoms with Gasteiger partial charge in [0.15, 0.2) is 0 Å². The zero-order valence-electron chi connectivity index (χ0n) is 9.71. The van der Waals surface area contributed by atoms with E-state index in [0.717, 1.165) is 0 Å². The number of hydrogen-bond acceptors (Lipinski definition) is 4. The minimum absolute atomic E-state index is 0.0793. The van der Waals surface area contributed by atoms with E-state index in [1.54, 1.807) is 0 Å². The molecule has 1 heterocycles. The predicted octanol–water partition coefficient (Wildman–Crippen LogP) is 1.08. The van der Waals surface area contributed by atoms with E-state index in [-0.39, 0.29) is 16.8 Å². The maximum Gasteiger partial charge on any atom is 0.243 e. The Morgan fingerprint density at radius 2 is 2.12 bits per heavy atom. The van der Waals surface area contributed by atoms with Crippen LogP contribution in [0.25, 0.3) is 0 Å². The van der Waals surface area contributed by atoms with E-state index < -0.39 is 10.0 Å². The van der Waals surface area contributed by atoms with Crippen LogP contribution in [0.5, 0.6) is 0 Å². The molecule has 0 saturated carbocycles. The summed E-state index contributed by atoms with van der Waals surface area (Å²) in [7, 11) is -3.46. The van der Waals surface area contributed by atoms with Crippen LogP contribution < -0.4 is 5.73 Å². The summed E-state index contributed by atoms with van der Waals surface area (Å²) in [5.74, 6) is 0.209. The van der Waals surface area contributed by atoms with Crippen molar-refractivity contribution in [2.75, 3.05) is 12.3 Å². The third-order valence-electron chi connectivity index (χ3n) is 2.25. The first-order chi connectivity index (χ1) is 7.39. The molecule has 6 heteroatoms. The number of nitrogens with two attached hydrogens (primary N) is 1. The molecule has 0 radical (unpaired) electrons. The van der Waals surface area contributed by atoms with Crippen LogP contribution in [0.1, 0.15) is 20.8 Å². The second-order valence-corrected chi connectivity index (χ2v) is 5.61. The van der Waals surface area contributed by atoms with Gasteiger partial charge in [-0.1, -0.05) is 6.92 Å². The first-order valence-electron chi connectivity index (χ1n) is 5.13. The van der Waals surface area contributed by atoms with Crippen LogP contribution in [-0.4, -0.2) is 30.3 Å². The van der Waals surface area contributed by atoms with Crippen molar-refractivity contribution in [2.45, 2.75) is 31.7 Å². The van der Waals surface area contributed by atoms with E-state index in [1.807, 2.05) is 20.8 Å². The van der Waals surface area contributed by atoms with E-state index in [9.17, 15) is 8.42 Å². The molecule has 2 N–H and O–H groups in total. The molecule has 0 aliphatic rings. The Hall–Kier alpha value is -1.14. The van der Waals surface area contributed by atoms with Gasteiger partial charge in [-0.05, 0) is 19.9 Å². The molecule has 0 atom stereocenters. The normalized spacial score (nSPS) is 12.3. The second kappa shape index (κ2) is 4.80. The lowest BCUT2D eigenvalue weighted by atomic mass is 10.4. The van der Waals surface area contributed by atoms with Gasteiger partial charge >= 0.3 is 0 Å². The van der Waals surface area contributed by atoms with Crippen LogP contribution in [-0.2, 0) is 10.0 Å². The average Bonchev–Trinajstić information content (AvgIpc) is 2.17. The van der Waals surface area contributed by atoms with Gasteiger partial charge in [-0.15, -0.1) is 0 Å². The second-order valence-electron chi connectivity index (χ2n) is 3.72. The molecule has 0 spiro atoms. The Morgan fingerprint density at radius 1 is 1.50 bits per heavy atom. The van der Waals surface area contributed by atoms with E-state index in [2.05, 4.69) is 4.98 Å². The van der Waals surface area contributed by atoms with Crippen molar-refractivity contribution in [3.63, 3.8) is 0 Å². The average molecular weight is 243 g/mol. The number of aromatic nitrogens is 1. The molecule has 5 nitrogen and oxygen atoms in total. The van der Waals surface area contributed by atoms with Gasteiger partial charge in [0, 0.05) is 24.8 Å². The number of sulfonamides is 1. The molecular formula is C10H17N3O2S. The van der Waals surface area contributed by atoms with Gasteiger partial charge in [0.2, 0.25) is 10.0 Å². The van der Waals surface area contributed by atoms with Crippen molar-refractivity contribution in [1.82, 2.24) is 9.29 Å². The van der Waals surface area contributed by atoms with Gasteiger partial charge in [-0.3, -0.25) is 0 Å². The van der Waals surface area contributed by atoms with Crippen LogP contribution in [0.2, 0.25) is 0 Å². The summed E-state index contributed by atoms with van der Waals surface area (Å²) in [6, 6.07) is 2.75. The zero-order chi connectivity index (χ0) is 12.3. The van der Waals surface area contributed by atoms with Crippen LogP contribution in [0.4, 0.5) is 5.82 Å². The molecule has 0 amide bonds. The monoisotopic (exact) mass is 243 g/mol. The molecule has 16 heavy (non-hydrogen) atoms. The van der Waals surface area contributed by atoms with Crippen LogP contribution in [0.3, 0.4) is 0 Å². The smallest absolute Gasteiger partial charge is 0.243 e. The van der Waals surface area contributed by atoms with Gasteiger partial charge in [0.05, 0.1) is 4.90 Å². The lowest BCUT2D eigenvalue weighted by Gasteiger charge is -2.24. The molecule has 0 unspecified atom stereocenters. The first-order valence-corrected chi connectivity index (χ1v) is 6.57. The van der Waals surface area contributed by atoms with Crippen molar-refractivity contribution in [3.05, 3.63) is 18.3 Å². The van der Waals surface area contributed by atoms with Crippen LogP contribution in [0, 0.1) is 0 Å². The van der Waals surface area contributed by atoms with Crippen molar-refractivity contribution in [1.29, 1.82) is 0 Å². The summed E-state index contributed by atoms with van der Waals surface area (Å²) in [6.07, 6.45) is 1.40. The quantitative estimate of drug-likeness (QED) is 0.858. The molecule has 0 aromatic carbocycles. The number of nitrogen functional groups attached to an aromatic ring is 1. The standard InChI is InChI=1S/C10H17N3O2S/c1-4-13(8(2)3)16(14,15)9-5-6-12-10(11)7-9/h5-8H,4H2,1-3H3,(H2,11,12). The fourth-order valence-electron chi connectivity index (χ4n) is 1.54. The summed E-state index contributed by atoms with van der Waals surface area (Å²) in [5, 5.41) is 0. The van der Waals surface area contributed by atoms with Crippen molar-refractivity contribution in [3.8, 4) is 0 Å². The number of anilines is 1. The highest BCUT2D eigenvalue weighted by Gasteiger charge is 2.25. The van der Waals surface area contributed by atoms with Gasteiger partial charge < -0.3 is 5.73 Å². The van der Waals surface area contributed by atoms with E-state index >= 15 is 0 Å². The number of hydrogen-bond donors (Lipinski definition) is 1. The molecule has 0 aliphatic carbocycles. The maximum atomic E-state index is 12.2.